The largest absolute Gasteiger partial charge is 0.496 e. The molecular weight excluding hydrogens is 242 g/mol. The Balaban J connectivity index is 2.84. The van der Waals surface area contributed by atoms with E-state index < -0.39 is 0 Å². The van der Waals surface area contributed by atoms with Crippen LogP contribution >= 0.6 is 0 Å². The van der Waals surface area contributed by atoms with Gasteiger partial charge in [-0.25, -0.2) is 0 Å². The van der Waals surface area contributed by atoms with E-state index in [9.17, 15) is 4.79 Å². The number of carbonyl (C=O) groups is 1. The molecule has 0 spiro atoms. The second-order valence-electron chi connectivity index (χ2n) is 5.60. The first kappa shape index (κ1) is 13.7. The number of anilines is 1. The van der Waals surface area contributed by atoms with Crippen molar-refractivity contribution in [2.45, 2.75) is 25.7 Å². The van der Waals surface area contributed by atoms with Crippen molar-refractivity contribution in [2.75, 3.05) is 32.7 Å². The first-order chi connectivity index (χ1) is 8.96. The summed E-state index contributed by atoms with van der Waals surface area (Å²) in [6.45, 7) is 5.31. The molecule has 0 radical (unpaired) electrons. The van der Waals surface area contributed by atoms with E-state index >= 15 is 0 Å². The zero-order valence-corrected chi connectivity index (χ0v) is 12.2. The van der Waals surface area contributed by atoms with E-state index in [0.29, 0.717) is 11.3 Å². The summed E-state index contributed by atoms with van der Waals surface area (Å²) in [7, 11) is 5.28. The summed E-state index contributed by atoms with van der Waals surface area (Å²) in [5, 5.41) is 0. The molecule has 2 rings (SSSR count). The van der Waals surface area contributed by atoms with Crippen molar-refractivity contribution < 1.29 is 14.3 Å². The number of hydrogen-bond acceptors (Lipinski definition) is 4. The van der Waals surface area contributed by atoms with E-state index in [1.54, 1.807) is 20.3 Å². The number of methoxy groups -OCH3 is 2. The van der Waals surface area contributed by atoms with Gasteiger partial charge in [0.2, 0.25) is 0 Å². The Kier molecular flexibility index (Phi) is 3.43. The predicted molar refractivity (Wildman–Crippen MR) is 75.8 cm³/mol. The molecule has 1 heterocycles. The van der Waals surface area contributed by atoms with Gasteiger partial charge < -0.3 is 14.4 Å². The average molecular weight is 263 g/mol. The zero-order chi connectivity index (χ0) is 14.2. The molecule has 19 heavy (non-hydrogen) atoms. The Hall–Kier alpha value is -1.71. The fourth-order valence-corrected chi connectivity index (χ4v) is 2.80. The molecule has 0 fully saturated rings. The molecule has 0 saturated carbocycles. The summed E-state index contributed by atoms with van der Waals surface area (Å²) < 4.78 is 11.0. The summed E-state index contributed by atoms with van der Waals surface area (Å²) in [4.78, 5) is 13.4. The number of fused-ring (bicyclic) bond motifs is 1. The van der Waals surface area contributed by atoms with Gasteiger partial charge in [0, 0.05) is 19.2 Å². The lowest BCUT2D eigenvalue weighted by molar-refractivity contribution is 0.112. The molecular formula is C15H21NO3. The van der Waals surface area contributed by atoms with Crippen LogP contribution in [0.2, 0.25) is 0 Å². The number of hydrogen-bond donors (Lipinski definition) is 0. The van der Waals surface area contributed by atoms with E-state index in [1.807, 2.05) is 7.05 Å². The maximum Gasteiger partial charge on any atom is 0.153 e. The van der Waals surface area contributed by atoms with Crippen LogP contribution in [0.4, 0.5) is 5.69 Å². The normalized spacial score (nSPS) is 16.8. The fraction of sp³-hybridized carbons (Fsp3) is 0.533. The zero-order valence-electron chi connectivity index (χ0n) is 12.2. The molecule has 4 heteroatoms. The Morgan fingerprint density at radius 3 is 2.53 bits per heavy atom. The van der Waals surface area contributed by atoms with Crippen LogP contribution in [-0.4, -0.2) is 34.1 Å². The molecule has 0 saturated heterocycles. The van der Waals surface area contributed by atoms with Gasteiger partial charge in [-0.3, -0.25) is 4.79 Å². The highest BCUT2D eigenvalue weighted by Crippen LogP contribution is 2.50. The topological polar surface area (TPSA) is 38.8 Å². The van der Waals surface area contributed by atoms with Gasteiger partial charge in [0.05, 0.1) is 25.5 Å². The molecule has 1 aromatic carbocycles. The number of nitrogens with zero attached hydrogens (tertiary/aromatic N) is 1. The van der Waals surface area contributed by atoms with Gasteiger partial charge in [0.15, 0.2) is 6.29 Å². The van der Waals surface area contributed by atoms with Crippen LogP contribution in [0.5, 0.6) is 11.5 Å². The van der Waals surface area contributed by atoms with Crippen LogP contribution in [0.3, 0.4) is 0 Å². The van der Waals surface area contributed by atoms with Crippen molar-refractivity contribution in [1.29, 1.82) is 0 Å². The summed E-state index contributed by atoms with van der Waals surface area (Å²) in [5.41, 5.74) is 2.59. The molecule has 0 atom stereocenters. The second-order valence-corrected chi connectivity index (χ2v) is 5.60. The summed E-state index contributed by atoms with van der Waals surface area (Å²) in [6, 6.07) is 1.75. The Bertz CT molecular complexity index is 509. The van der Waals surface area contributed by atoms with Gasteiger partial charge in [0.25, 0.3) is 0 Å². The molecule has 1 aliphatic rings. The molecule has 4 nitrogen and oxygen atoms in total. The number of aldehydes is 1. The standard InChI is InChI=1S/C15H21NO3/c1-15(2)6-7-16(3)13-11(18-4)8-10(9-17)14(19-5)12(13)15/h8-9H,6-7H2,1-5H3. The van der Waals surface area contributed by atoms with Gasteiger partial charge >= 0.3 is 0 Å². The fourth-order valence-electron chi connectivity index (χ4n) is 2.80. The average Bonchev–Trinajstić information content (AvgIpc) is 2.41. The maximum atomic E-state index is 11.3. The van der Waals surface area contributed by atoms with Crippen LogP contribution < -0.4 is 14.4 Å². The molecule has 0 aromatic heterocycles. The van der Waals surface area contributed by atoms with Crippen LogP contribution in [0, 0.1) is 0 Å². The molecule has 0 amide bonds. The van der Waals surface area contributed by atoms with Gasteiger partial charge in [0.1, 0.15) is 11.5 Å². The van der Waals surface area contributed by atoms with Crippen molar-refractivity contribution in [2.24, 2.45) is 0 Å². The summed E-state index contributed by atoms with van der Waals surface area (Å²) in [5.74, 6) is 1.40. The predicted octanol–water partition coefficient (Wildman–Crippen LogP) is 2.63. The molecule has 1 aromatic rings. The lowest BCUT2D eigenvalue weighted by Crippen LogP contribution is -2.35. The third-order valence-electron chi connectivity index (χ3n) is 3.93. The number of rotatable bonds is 3. The van der Waals surface area contributed by atoms with Gasteiger partial charge in [-0.1, -0.05) is 13.8 Å². The van der Waals surface area contributed by atoms with Crippen molar-refractivity contribution in [1.82, 2.24) is 0 Å². The molecule has 0 N–H and O–H groups in total. The van der Waals surface area contributed by atoms with Gasteiger partial charge in [-0.15, -0.1) is 0 Å². The van der Waals surface area contributed by atoms with E-state index in [0.717, 1.165) is 36.3 Å². The Morgan fingerprint density at radius 1 is 1.32 bits per heavy atom. The van der Waals surface area contributed by atoms with Crippen molar-refractivity contribution in [3.8, 4) is 11.5 Å². The van der Waals surface area contributed by atoms with E-state index in [1.165, 1.54) is 0 Å². The molecule has 0 aliphatic carbocycles. The van der Waals surface area contributed by atoms with Crippen molar-refractivity contribution >= 4 is 12.0 Å². The number of benzene rings is 1. The lowest BCUT2D eigenvalue weighted by Gasteiger charge is -2.40. The Morgan fingerprint density at radius 2 is 2.00 bits per heavy atom. The summed E-state index contributed by atoms with van der Waals surface area (Å²) in [6.07, 6.45) is 1.84. The van der Waals surface area contributed by atoms with E-state index in [-0.39, 0.29) is 5.41 Å². The molecule has 104 valence electrons. The Labute approximate surface area is 114 Å². The van der Waals surface area contributed by atoms with E-state index in [4.69, 9.17) is 9.47 Å². The maximum absolute atomic E-state index is 11.3. The monoisotopic (exact) mass is 263 g/mol. The molecule has 0 bridgehead atoms. The van der Waals surface area contributed by atoms with Crippen LogP contribution in [-0.2, 0) is 5.41 Å². The lowest BCUT2D eigenvalue weighted by atomic mass is 9.76. The highest BCUT2D eigenvalue weighted by Gasteiger charge is 2.36. The highest BCUT2D eigenvalue weighted by molar-refractivity contribution is 5.86. The van der Waals surface area contributed by atoms with E-state index in [2.05, 4.69) is 18.7 Å². The number of carbonyl (C=O) groups excluding carboxylic acids is 1. The quantitative estimate of drug-likeness (QED) is 0.786. The van der Waals surface area contributed by atoms with Crippen molar-refractivity contribution in [3.05, 3.63) is 17.2 Å². The minimum absolute atomic E-state index is 0.0422. The second kappa shape index (κ2) is 4.76. The summed E-state index contributed by atoms with van der Waals surface area (Å²) >= 11 is 0. The highest BCUT2D eigenvalue weighted by atomic mass is 16.5. The van der Waals surface area contributed by atoms with Gasteiger partial charge in [-0.05, 0) is 17.9 Å². The molecule has 1 aliphatic heterocycles. The van der Waals surface area contributed by atoms with Crippen LogP contribution in [0.15, 0.2) is 6.07 Å². The first-order valence-corrected chi connectivity index (χ1v) is 6.42. The minimum Gasteiger partial charge on any atom is -0.496 e. The molecule has 0 unspecified atom stereocenters. The SMILES string of the molecule is COc1cc(C=O)c(OC)c2c1N(C)CCC2(C)C. The minimum atomic E-state index is -0.0422. The van der Waals surface area contributed by atoms with Crippen LogP contribution in [0.1, 0.15) is 36.2 Å². The first-order valence-electron chi connectivity index (χ1n) is 6.42. The number of ether oxygens (including phenoxy) is 2. The van der Waals surface area contributed by atoms with Gasteiger partial charge in [-0.2, -0.15) is 0 Å². The third kappa shape index (κ3) is 2.05. The van der Waals surface area contributed by atoms with Crippen molar-refractivity contribution in [3.63, 3.8) is 0 Å². The third-order valence-corrected chi connectivity index (χ3v) is 3.93. The van der Waals surface area contributed by atoms with Crippen LogP contribution in [0.25, 0.3) is 0 Å². The smallest absolute Gasteiger partial charge is 0.153 e.